The molecule has 0 aliphatic rings. The lowest BCUT2D eigenvalue weighted by Crippen LogP contribution is -2.26. The molecule has 4 heteroatoms. The maximum Gasteiger partial charge on any atom is 0.339 e. The van der Waals surface area contributed by atoms with Gasteiger partial charge in [0.2, 0.25) is 0 Å². The van der Waals surface area contributed by atoms with Crippen LogP contribution in [0.2, 0.25) is 0 Å². The zero-order valence-electron chi connectivity index (χ0n) is 18.8. The molecule has 0 N–H and O–H groups in total. The number of halogens is 1. The lowest BCUT2D eigenvalue weighted by molar-refractivity contribution is 0.0204. The number of hydrogen-bond acceptors (Lipinski definition) is 2. The Morgan fingerprint density at radius 3 is 2.09 bits per heavy atom. The first-order valence-corrected chi connectivity index (χ1v) is 12.2. The maximum atomic E-state index is 13.1. The lowest BCUT2D eigenvalue weighted by Gasteiger charge is -2.18. The first-order valence-electron chi connectivity index (χ1n) is 11.0. The van der Waals surface area contributed by atoms with Gasteiger partial charge in [0.25, 0.3) is 0 Å². The van der Waals surface area contributed by atoms with Gasteiger partial charge in [-0.1, -0.05) is 42.2 Å². The van der Waals surface area contributed by atoms with Crippen molar-refractivity contribution in [2.75, 3.05) is 0 Å². The highest BCUT2D eigenvalue weighted by Gasteiger charge is 2.26. The lowest BCUT2D eigenvalue weighted by atomic mass is 10.1. The summed E-state index contributed by atoms with van der Waals surface area (Å²) >= 11 is 0. The van der Waals surface area contributed by atoms with E-state index in [1.54, 1.807) is 32.0 Å². The van der Waals surface area contributed by atoms with Gasteiger partial charge in [-0.25, -0.2) is 9.18 Å². The van der Waals surface area contributed by atoms with E-state index in [2.05, 4.69) is 66.4 Å². The molecule has 2 nitrogen and oxygen atoms in total. The van der Waals surface area contributed by atoms with Crippen molar-refractivity contribution in [1.29, 1.82) is 0 Å². The average Bonchev–Trinajstić information content (AvgIpc) is 3.18. The standard InChI is InChI=1S/C30H22FO2S/c1-30(2,19-18-21-14-16-23(31)17-15-21)33-29(32)22-8-7-9-24(20-22)34-27-12-5-3-10-25(27)26-11-4-6-13-28(26)34/h3-17,20H,1-2H3/q+1. The van der Waals surface area contributed by atoms with Gasteiger partial charge in [-0.3, -0.25) is 0 Å². The van der Waals surface area contributed by atoms with Gasteiger partial charge in [-0.15, -0.1) is 0 Å². The number of ether oxygens (including phenoxy) is 1. The Bertz CT molecular complexity index is 1530. The van der Waals surface area contributed by atoms with Crippen LogP contribution in [-0.4, -0.2) is 11.6 Å². The van der Waals surface area contributed by atoms with Crippen LogP contribution in [0.15, 0.2) is 97.1 Å². The van der Waals surface area contributed by atoms with Crippen LogP contribution < -0.4 is 0 Å². The highest BCUT2D eigenvalue weighted by molar-refractivity contribution is 7.50. The molecule has 166 valence electrons. The summed E-state index contributed by atoms with van der Waals surface area (Å²) in [6.45, 7) is 3.49. The van der Waals surface area contributed by atoms with Crippen molar-refractivity contribution in [3.63, 3.8) is 0 Å². The maximum absolute atomic E-state index is 13.1. The molecular weight excluding hydrogens is 443 g/mol. The van der Waals surface area contributed by atoms with Crippen LogP contribution in [0.3, 0.4) is 0 Å². The molecule has 0 saturated carbocycles. The molecule has 0 unspecified atom stereocenters. The number of benzene rings is 4. The Balaban J connectivity index is 1.47. The van der Waals surface area contributed by atoms with Crippen molar-refractivity contribution in [1.82, 2.24) is 0 Å². The van der Waals surface area contributed by atoms with Crippen molar-refractivity contribution in [3.8, 4) is 16.7 Å². The van der Waals surface area contributed by atoms with Gasteiger partial charge in [0.05, 0.1) is 5.56 Å². The van der Waals surface area contributed by atoms with E-state index in [0.717, 1.165) is 4.90 Å². The van der Waals surface area contributed by atoms with E-state index in [1.807, 2.05) is 12.1 Å². The molecule has 5 aromatic rings. The number of fused-ring (bicyclic) bond motifs is 3. The second kappa shape index (κ2) is 8.78. The van der Waals surface area contributed by atoms with Gasteiger partial charge in [0.1, 0.15) is 5.82 Å². The van der Waals surface area contributed by atoms with Gasteiger partial charge >= 0.3 is 5.97 Å². The van der Waals surface area contributed by atoms with Crippen molar-refractivity contribution in [2.24, 2.45) is 0 Å². The zero-order valence-corrected chi connectivity index (χ0v) is 19.7. The van der Waals surface area contributed by atoms with Crippen molar-refractivity contribution < 1.29 is 13.9 Å². The van der Waals surface area contributed by atoms with Gasteiger partial charge in [0, 0.05) is 32.9 Å². The summed E-state index contributed by atoms with van der Waals surface area (Å²) in [5, 5.41) is 2.48. The summed E-state index contributed by atoms with van der Waals surface area (Å²) < 4.78 is 21.4. The van der Waals surface area contributed by atoms with Gasteiger partial charge in [0.15, 0.2) is 19.9 Å². The highest BCUT2D eigenvalue weighted by atomic mass is 32.2. The SMILES string of the molecule is CC(C)(C#Cc1ccc(F)cc1)OC(=O)c1cccc(-[s+]2c3ccccc3c3ccccc32)c1. The van der Waals surface area contributed by atoms with E-state index >= 15 is 0 Å². The molecule has 0 saturated heterocycles. The summed E-state index contributed by atoms with van der Waals surface area (Å²) in [4.78, 5) is 14.1. The monoisotopic (exact) mass is 465 g/mol. The number of thiophene rings is 1. The molecule has 0 fully saturated rings. The Hall–Kier alpha value is -3.94. The van der Waals surface area contributed by atoms with Crippen LogP contribution in [0.5, 0.6) is 0 Å². The molecule has 0 spiro atoms. The molecule has 0 bridgehead atoms. The summed E-state index contributed by atoms with van der Waals surface area (Å²) in [6.07, 6.45) is 0. The molecule has 0 amide bonds. The number of esters is 1. The Labute approximate surface area is 200 Å². The summed E-state index contributed by atoms with van der Waals surface area (Å²) in [5.74, 6) is 5.19. The zero-order chi connectivity index (χ0) is 23.7. The van der Waals surface area contributed by atoms with Crippen LogP contribution in [0, 0.1) is 17.7 Å². The smallest absolute Gasteiger partial charge is 0.339 e. The normalized spacial score (nSPS) is 11.3. The van der Waals surface area contributed by atoms with E-state index in [4.69, 9.17) is 4.74 Å². The molecule has 0 aliphatic heterocycles. The van der Waals surface area contributed by atoms with Crippen LogP contribution in [-0.2, 0) is 4.74 Å². The summed E-state index contributed by atoms with van der Waals surface area (Å²) in [6, 6.07) is 30.5. The van der Waals surface area contributed by atoms with E-state index in [9.17, 15) is 9.18 Å². The Morgan fingerprint density at radius 1 is 0.824 bits per heavy atom. The first-order chi connectivity index (χ1) is 16.4. The Kier molecular flexibility index (Phi) is 5.65. The second-order valence-electron chi connectivity index (χ2n) is 8.48. The fourth-order valence-electron chi connectivity index (χ4n) is 3.93. The number of rotatable bonds is 3. The predicted octanol–water partition coefficient (Wildman–Crippen LogP) is 7.86. The van der Waals surface area contributed by atoms with Crippen LogP contribution >= 0.6 is 10.5 Å². The van der Waals surface area contributed by atoms with Crippen LogP contribution in [0.4, 0.5) is 4.39 Å². The third kappa shape index (κ3) is 4.31. The molecule has 0 aliphatic carbocycles. The molecule has 1 aromatic heterocycles. The average molecular weight is 466 g/mol. The predicted molar refractivity (Wildman–Crippen MR) is 138 cm³/mol. The van der Waals surface area contributed by atoms with Crippen molar-refractivity contribution >= 4 is 36.6 Å². The number of carbonyl (C=O) groups is 1. The largest absolute Gasteiger partial charge is 0.443 e. The molecule has 0 atom stereocenters. The van der Waals surface area contributed by atoms with E-state index < -0.39 is 11.6 Å². The quantitative estimate of drug-likeness (QED) is 0.154. The highest BCUT2D eigenvalue weighted by Crippen LogP contribution is 2.48. The molecular formula is C30H22FO2S+. The van der Waals surface area contributed by atoms with Gasteiger partial charge < -0.3 is 4.74 Å². The fraction of sp³-hybridized carbons (Fsp3) is 0.100. The topological polar surface area (TPSA) is 26.3 Å². The Morgan fingerprint density at radius 2 is 1.44 bits per heavy atom. The minimum Gasteiger partial charge on any atom is -0.443 e. The van der Waals surface area contributed by atoms with E-state index in [0.29, 0.717) is 11.1 Å². The number of carbonyl (C=O) groups excluding carboxylic acids is 1. The molecule has 0 radical (unpaired) electrons. The molecule has 34 heavy (non-hydrogen) atoms. The van der Waals surface area contributed by atoms with Gasteiger partial charge in [-0.2, -0.15) is 0 Å². The number of hydrogen-bond donors (Lipinski definition) is 0. The van der Waals surface area contributed by atoms with E-state index in [1.165, 1.54) is 32.3 Å². The summed E-state index contributed by atoms with van der Waals surface area (Å²) in [7, 11) is -0.287. The van der Waals surface area contributed by atoms with Crippen LogP contribution in [0.1, 0.15) is 29.8 Å². The molecule has 1 heterocycles. The minimum absolute atomic E-state index is 0.287. The molecule has 4 aromatic carbocycles. The summed E-state index contributed by atoms with van der Waals surface area (Å²) in [5.41, 5.74) is 0.145. The first kappa shape index (κ1) is 21.9. The van der Waals surface area contributed by atoms with E-state index in [-0.39, 0.29) is 16.3 Å². The van der Waals surface area contributed by atoms with Crippen molar-refractivity contribution in [3.05, 3.63) is 114 Å². The third-order valence-electron chi connectivity index (χ3n) is 5.51. The molecule has 5 rings (SSSR count). The second-order valence-corrected chi connectivity index (χ2v) is 10.4. The third-order valence-corrected chi connectivity index (χ3v) is 7.83. The fourth-order valence-corrected chi connectivity index (χ4v) is 6.36. The minimum atomic E-state index is -1.00. The van der Waals surface area contributed by atoms with Gasteiger partial charge in [-0.05, 0) is 74.5 Å². The van der Waals surface area contributed by atoms with Crippen LogP contribution in [0.25, 0.3) is 25.1 Å². The van der Waals surface area contributed by atoms with Crippen molar-refractivity contribution in [2.45, 2.75) is 19.4 Å².